The Kier molecular flexibility index (Phi) is 9.86. The van der Waals surface area contributed by atoms with Gasteiger partial charge in [0.15, 0.2) is 0 Å². The molecular formula is C35H38N4O6. The van der Waals surface area contributed by atoms with Crippen LogP contribution in [0.1, 0.15) is 60.3 Å². The fourth-order valence-corrected chi connectivity index (χ4v) is 5.53. The Morgan fingerprint density at radius 3 is 1.98 bits per heavy atom. The van der Waals surface area contributed by atoms with Gasteiger partial charge in [0.1, 0.15) is 0 Å². The van der Waals surface area contributed by atoms with Gasteiger partial charge in [-0.05, 0) is 81.0 Å². The van der Waals surface area contributed by atoms with Gasteiger partial charge in [-0.25, -0.2) is 4.99 Å². The highest BCUT2D eigenvalue weighted by molar-refractivity contribution is 6.32. The molecule has 0 bridgehead atoms. The molecule has 2 aromatic rings. The number of esters is 2. The summed E-state index contributed by atoms with van der Waals surface area (Å²) < 4.78 is 9.80. The molecule has 0 aliphatic carbocycles. The Labute approximate surface area is 261 Å². The summed E-state index contributed by atoms with van der Waals surface area (Å²) in [5.74, 6) is -1.16. The van der Waals surface area contributed by atoms with Gasteiger partial charge in [0, 0.05) is 57.2 Å². The maximum Gasteiger partial charge on any atom is 0.305 e. The average molecular weight is 611 g/mol. The first-order chi connectivity index (χ1) is 21.4. The summed E-state index contributed by atoms with van der Waals surface area (Å²) >= 11 is 0. The molecule has 2 aromatic heterocycles. The molecule has 4 rings (SSSR count). The van der Waals surface area contributed by atoms with Crippen LogP contribution in [0.3, 0.4) is 0 Å². The van der Waals surface area contributed by atoms with Crippen LogP contribution in [0.4, 0.5) is 0 Å². The van der Waals surface area contributed by atoms with Gasteiger partial charge in [-0.1, -0.05) is 25.3 Å². The lowest BCUT2D eigenvalue weighted by molar-refractivity contribution is -0.141. The quantitative estimate of drug-likeness (QED) is 0.334. The van der Waals surface area contributed by atoms with E-state index in [2.05, 4.69) is 33.4 Å². The summed E-state index contributed by atoms with van der Waals surface area (Å²) in [5, 5.41) is 4.36. The average Bonchev–Trinajstić information content (AvgIpc) is 3.67. The summed E-state index contributed by atoms with van der Waals surface area (Å²) in [5.41, 5.74) is 8.71. The molecule has 0 saturated carbocycles. The number of aromatic nitrogens is 2. The van der Waals surface area contributed by atoms with Crippen molar-refractivity contribution in [2.75, 3.05) is 14.2 Å². The first-order valence-electron chi connectivity index (χ1n) is 14.5. The van der Waals surface area contributed by atoms with Crippen molar-refractivity contribution in [2.45, 2.75) is 53.4 Å². The summed E-state index contributed by atoms with van der Waals surface area (Å²) in [6.07, 6.45) is 10.0. The highest BCUT2D eigenvalue weighted by Crippen LogP contribution is 2.27. The number of amides is 2. The topological polar surface area (TPSA) is 143 Å². The monoisotopic (exact) mass is 610 g/mol. The molecule has 234 valence electrons. The predicted molar refractivity (Wildman–Crippen MR) is 173 cm³/mol. The van der Waals surface area contributed by atoms with Crippen molar-refractivity contribution in [1.82, 2.24) is 15.3 Å². The molecule has 2 amide bonds. The van der Waals surface area contributed by atoms with Gasteiger partial charge in [-0.3, -0.25) is 19.2 Å². The number of aliphatic imine (C=N–C) groups is 1. The molecule has 10 heteroatoms. The molecule has 0 radical (unpaired) electrons. The number of hydrogen-bond donors (Lipinski definition) is 3. The third-order valence-corrected chi connectivity index (χ3v) is 8.29. The Hall–Kier alpha value is -5.25. The van der Waals surface area contributed by atoms with Crippen LogP contribution >= 0.6 is 0 Å². The van der Waals surface area contributed by atoms with E-state index in [0.717, 1.165) is 49.9 Å². The van der Waals surface area contributed by atoms with Crippen LogP contribution in [-0.4, -0.2) is 53.7 Å². The number of allylic oxidation sites excluding steroid dienone is 3. The van der Waals surface area contributed by atoms with Crippen LogP contribution in [0.2, 0.25) is 0 Å². The third-order valence-electron chi connectivity index (χ3n) is 8.29. The number of rotatable bonds is 11. The number of ether oxygens (including phenoxy) is 2. The van der Waals surface area contributed by atoms with Crippen LogP contribution < -0.4 is 16.0 Å². The van der Waals surface area contributed by atoms with Gasteiger partial charge < -0.3 is 24.8 Å². The maximum atomic E-state index is 12.4. The lowest BCUT2D eigenvalue weighted by atomic mass is 10.0. The molecule has 0 aromatic carbocycles. The minimum absolute atomic E-state index is 0.165. The van der Waals surface area contributed by atoms with E-state index in [4.69, 9.17) is 9.47 Å². The van der Waals surface area contributed by atoms with Gasteiger partial charge in [0.25, 0.3) is 11.8 Å². The standard InChI is InChI=1S/C35H38N4O6/c1-9-22-20(5)34(42)38-28(22)15-26-18(3)24(11-13-32(40)44-7)30(36-26)17-31-25(12-14-33(41)45-8)19(4)27(37-31)16-29-23(10-2)21(6)35(43)39-29/h9-10,15-17,36-37H,1-2,11-14H2,3-8H3,(H,38,42)/b27-16+,28-15-,31-17-. The van der Waals surface area contributed by atoms with Gasteiger partial charge in [-0.15, -0.1) is 0 Å². The van der Waals surface area contributed by atoms with Crippen LogP contribution in [0, 0.1) is 13.8 Å². The predicted octanol–water partition coefficient (Wildman–Crippen LogP) is 3.24. The van der Waals surface area contributed by atoms with Crippen molar-refractivity contribution in [1.29, 1.82) is 0 Å². The Morgan fingerprint density at radius 1 is 0.756 bits per heavy atom. The molecule has 4 heterocycles. The molecule has 10 nitrogen and oxygen atoms in total. The number of methoxy groups -OCH3 is 2. The number of H-pyrrole nitrogens is 2. The fraction of sp³-hybridized carbons (Fsp3) is 0.286. The summed E-state index contributed by atoms with van der Waals surface area (Å²) in [6, 6.07) is 0. The molecule has 2 aliphatic rings. The molecular weight excluding hydrogens is 572 g/mol. The summed E-state index contributed by atoms with van der Waals surface area (Å²) in [6.45, 7) is 15.0. The Morgan fingerprint density at radius 2 is 1.38 bits per heavy atom. The second kappa shape index (κ2) is 13.6. The zero-order valence-corrected chi connectivity index (χ0v) is 26.5. The summed E-state index contributed by atoms with van der Waals surface area (Å²) in [7, 11) is 2.71. The van der Waals surface area contributed by atoms with E-state index in [0.29, 0.717) is 41.0 Å². The molecule has 0 saturated heterocycles. The van der Waals surface area contributed by atoms with E-state index in [1.54, 1.807) is 26.0 Å². The number of carbonyl (C=O) groups excluding carboxylic acids is 4. The number of nitrogens with one attached hydrogen (secondary N) is 3. The van der Waals surface area contributed by atoms with Crippen molar-refractivity contribution < 1.29 is 28.7 Å². The van der Waals surface area contributed by atoms with Crippen molar-refractivity contribution in [3.63, 3.8) is 0 Å². The third kappa shape index (κ3) is 6.64. The van der Waals surface area contributed by atoms with Gasteiger partial charge in [0.05, 0.1) is 25.6 Å². The van der Waals surface area contributed by atoms with E-state index >= 15 is 0 Å². The number of hydrogen-bond acceptors (Lipinski definition) is 6. The Bertz CT molecular complexity index is 1890. The summed E-state index contributed by atoms with van der Waals surface area (Å²) in [4.78, 5) is 60.0. The lowest BCUT2D eigenvalue weighted by Crippen LogP contribution is -2.15. The van der Waals surface area contributed by atoms with Crippen LogP contribution in [0.25, 0.3) is 18.2 Å². The van der Waals surface area contributed by atoms with Crippen LogP contribution in [-0.2, 0) is 41.5 Å². The van der Waals surface area contributed by atoms with Crippen molar-refractivity contribution in [3.05, 3.63) is 97.6 Å². The van der Waals surface area contributed by atoms with Crippen molar-refractivity contribution >= 4 is 47.7 Å². The van der Waals surface area contributed by atoms with Gasteiger partial charge in [0.2, 0.25) is 0 Å². The minimum atomic E-state index is -0.339. The molecule has 0 fully saturated rings. The Balaban J connectivity index is 1.93. The van der Waals surface area contributed by atoms with Gasteiger partial charge in [-0.2, -0.15) is 0 Å². The molecule has 0 atom stereocenters. The normalized spacial score (nSPS) is 16.6. The second-order valence-corrected chi connectivity index (χ2v) is 10.9. The lowest BCUT2D eigenvalue weighted by Gasteiger charge is -2.04. The van der Waals surface area contributed by atoms with E-state index in [-0.39, 0.29) is 36.6 Å². The molecule has 0 spiro atoms. The zero-order chi connectivity index (χ0) is 33.0. The highest BCUT2D eigenvalue weighted by Gasteiger charge is 2.23. The minimum Gasteiger partial charge on any atom is -0.469 e. The van der Waals surface area contributed by atoms with Crippen molar-refractivity contribution in [3.8, 4) is 0 Å². The molecule has 2 aliphatic heterocycles. The fourth-order valence-electron chi connectivity index (χ4n) is 5.53. The van der Waals surface area contributed by atoms with Crippen LogP contribution in [0.15, 0.2) is 58.3 Å². The number of carbonyl (C=O) groups is 4. The largest absolute Gasteiger partial charge is 0.469 e. The maximum absolute atomic E-state index is 12.4. The van der Waals surface area contributed by atoms with E-state index in [1.807, 2.05) is 32.1 Å². The smallest absolute Gasteiger partial charge is 0.305 e. The molecule has 0 unspecified atom stereocenters. The number of nitrogens with zero attached hydrogens (tertiary/aromatic N) is 1. The first kappa shape index (κ1) is 32.7. The SMILES string of the molecule is C=CC1=C(C)C(=O)N=C1/C=c1/[nH]/c(=C\c2[nH]c(/C=C3\NC(=O)C(C)=C3C=C)c(C)c2CCC(=O)OC)c(CCC(=O)OC)c1C. The van der Waals surface area contributed by atoms with Crippen molar-refractivity contribution in [2.24, 2.45) is 4.99 Å². The number of aromatic amines is 2. The highest BCUT2D eigenvalue weighted by atomic mass is 16.5. The van der Waals surface area contributed by atoms with Gasteiger partial charge >= 0.3 is 11.9 Å². The van der Waals surface area contributed by atoms with E-state index in [1.165, 1.54) is 14.2 Å². The zero-order valence-electron chi connectivity index (χ0n) is 26.5. The first-order valence-corrected chi connectivity index (χ1v) is 14.5. The second-order valence-electron chi connectivity index (χ2n) is 10.9. The van der Waals surface area contributed by atoms with Crippen LogP contribution in [0.5, 0.6) is 0 Å². The van der Waals surface area contributed by atoms with E-state index in [9.17, 15) is 19.2 Å². The molecule has 3 N–H and O–H groups in total. The van der Waals surface area contributed by atoms with E-state index < -0.39 is 0 Å². The molecule has 45 heavy (non-hydrogen) atoms.